The fourth-order valence-electron chi connectivity index (χ4n) is 3.54. The summed E-state index contributed by atoms with van der Waals surface area (Å²) in [5.74, 6) is 0.0886. The molecule has 1 saturated carbocycles. The van der Waals surface area contributed by atoms with Gasteiger partial charge in [-0.2, -0.15) is 0 Å². The average Bonchev–Trinajstić information content (AvgIpc) is 3.63. The smallest absolute Gasteiger partial charge is 0.409 e. The van der Waals surface area contributed by atoms with Gasteiger partial charge >= 0.3 is 6.09 Å². The van der Waals surface area contributed by atoms with Crippen molar-refractivity contribution in [3.63, 3.8) is 0 Å². The summed E-state index contributed by atoms with van der Waals surface area (Å²) in [6.45, 7) is -0.495. The van der Waals surface area contributed by atoms with Crippen LogP contribution in [0.5, 0.6) is 5.75 Å². The molecule has 0 bridgehead atoms. The largest absolute Gasteiger partial charge is 0.485 e. The third-order valence-electron chi connectivity index (χ3n) is 5.44. The number of sulfone groups is 1. The van der Waals surface area contributed by atoms with Crippen molar-refractivity contribution >= 4 is 47.4 Å². The van der Waals surface area contributed by atoms with E-state index in [4.69, 9.17) is 9.84 Å². The second-order valence-electron chi connectivity index (χ2n) is 8.23. The molecular formula is C20H23N3O9S3. The van der Waals surface area contributed by atoms with E-state index in [1.54, 1.807) is 0 Å². The standard InChI is InChI=1S/C20H23N3O9S3/c1-33(26,27)16-3-2-4-17(10-16)35(30,31)23-12-14(11-21-34(28,29)15-6-7-15)32-19-8-5-13(9-18(19)23)22-20(24)25/h2-5,8-10,14-15,21-22H,6-7,11-12H2,1H3,(H,24,25). The summed E-state index contributed by atoms with van der Waals surface area (Å²) < 4.78 is 84.9. The van der Waals surface area contributed by atoms with Crippen molar-refractivity contribution in [3.05, 3.63) is 42.5 Å². The zero-order chi connectivity index (χ0) is 25.6. The fraction of sp³-hybridized carbons (Fsp3) is 0.350. The van der Waals surface area contributed by atoms with Crippen molar-refractivity contribution in [2.45, 2.75) is 34.0 Å². The lowest BCUT2D eigenvalue weighted by atomic mass is 10.2. The third kappa shape index (κ3) is 5.52. The first-order valence-electron chi connectivity index (χ1n) is 10.4. The first kappa shape index (κ1) is 25.2. The minimum atomic E-state index is -4.36. The lowest BCUT2D eigenvalue weighted by Gasteiger charge is -2.35. The molecule has 1 atom stereocenters. The number of ether oxygens (including phenoxy) is 1. The molecule has 12 nitrogen and oxygen atoms in total. The van der Waals surface area contributed by atoms with E-state index < -0.39 is 47.3 Å². The minimum absolute atomic E-state index is 0.0160. The number of rotatable bonds is 8. The van der Waals surface area contributed by atoms with Gasteiger partial charge in [-0.15, -0.1) is 0 Å². The Morgan fingerprint density at radius 3 is 2.37 bits per heavy atom. The first-order chi connectivity index (χ1) is 16.3. The highest BCUT2D eigenvalue weighted by Crippen LogP contribution is 2.39. The Bertz CT molecular complexity index is 1480. The van der Waals surface area contributed by atoms with Gasteiger partial charge in [0.1, 0.15) is 11.9 Å². The fourth-order valence-corrected chi connectivity index (χ4v) is 7.24. The Morgan fingerprint density at radius 2 is 1.74 bits per heavy atom. The highest BCUT2D eigenvalue weighted by atomic mass is 32.2. The number of nitrogens with one attached hydrogen (secondary N) is 2. The minimum Gasteiger partial charge on any atom is -0.485 e. The lowest BCUT2D eigenvalue weighted by molar-refractivity contribution is 0.203. The maximum absolute atomic E-state index is 13.6. The molecule has 1 aliphatic carbocycles. The number of amides is 1. The Balaban J connectivity index is 1.73. The Hall–Kier alpha value is -2.88. The maximum Gasteiger partial charge on any atom is 0.409 e. The lowest BCUT2D eigenvalue weighted by Crippen LogP contribution is -2.48. The Morgan fingerprint density at radius 1 is 1.06 bits per heavy atom. The molecule has 2 aromatic carbocycles. The monoisotopic (exact) mass is 545 g/mol. The SMILES string of the molecule is CS(=O)(=O)c1cccc(S(=O)(=O)N2CC(CNS(=O)(=O)C3CC3)Oc3ccc(NC(=O)O)cc32)c1. The van der Waals surface area contributed by atoms with Gasteiger partial charge in [-0.1, -0.05) is 6.07 Å². The summed E-state index contributed by atoms with van der Waals surface area (Å²) in [7, 11) is -11.6. The molecule has 0 radical (unpaired) electrons. The highest BCUT2D eigenvalue weighted by Gasteiger charge is 2.38. The van der Waals surface area contributed by atoms with Gasteiger partial charge in [-0.05, 0) is 49.2 Å². The van der Waals surface area contributed by atoms with Crippen LogP contribution in [0.1, 0.15) is 12.8 Å². The van der Waals surface area contributed by atoms with Gasteiger partial charge < -0.3 is 9.84 Å². The second-order valence-corrected chi connectivity index (χ2v) is 14.2. The number of carboxylic acid groups (broad SMARTS) is 1. The van der Waals surface area contributed by atoms with Crippen molar-refractivity contribution < 1.29 is 39.9 Å². The summed E-state index contributed by atoms with van der Waals surface area (Å²) >= 11 is 0. The first-order valence-corrected chi connectivity index (χ1v) is 15.3. The summed E-state index contributed by atoms with van der Waals surface area (Å²) in [6.07, 6.45) is -0.193. The van der Waals surface area contributed by atoms with E-state index >= 15 is 0 Å². The zero-order valence-electron chi connectivity index (χ0n) is 18.4. The van der Waals surface area contributed by atoms with Gasteiger partial charge in [0.15, 0.2) is 9.84 Å². The number of sulfonamides is 2. The van der Waals surface area contributed by atoms with E-state index in [0.29, 0.717) is 12.8 Å². The van der Waals surface area contributed by atoms with Crippen molar-refractivity contribution in [1.82, 2.24) is 4.72 Å². The van der Waals surface area contributed by atoms with E-state index in [0.717, 1.165) is 16.6 Å². The van der Waals surface area contributed by atoms with E-state index in [1.165, 1.54) is 36.4 Å². The number of carbonyl (C=O) groups is 1. The molecule has 1 aliphatic heterocycles. The normalized spacial score (nSPS) is 18.4. The molecule has 190 valence electrons. The predicted octanol–water partition coefficient (Wildman–Crippen LogP) is 1.22. The molecular weight excluding hydrogens is 522 g/mol. The average molecular weight is 546 g/mol. The van der Waals surface area contributed by atoms with Crippen LogP contribution in [0.2, 0.25) is 0 Å². The van der Waals surface area contributed by atoms with Gasteiger partial charge in [0, 0.05) is 18.5 Å². The van der Waals surface area contributed by atoms with E-state index in [2.05, 4.69) is 10.0 Å². The molecule has 2 aliphatic rings. The van der Waals surface area contributed by atoms with Crippen LogP contribution in [0.15, 0.2) is 52.3 Å². The molecule has 0 saturated heterocycles. The zero-order valence-corrected chi connectivity index (χ0v) is 20.9. The maximum atomic E-state index is 13.6. The van der Waals surface area contributed by atoms with E-state index in [9.17, 15) is 30.0 Å². The summed E-state index contributed by atoms with van der Waals surface area (Å²) in [4.78, 5) is 10.6. The van der Waals surface area contributed by atoms with Gasteiger partial charge in [-0.25, -0.2) is 34.8 Å². The van der Waals surface area contributed by atoms with Crippen molar-refractivity contribution in [1.29, 1.82) is 0 Å². The van der Waals surface area contributed by atoms with E-state index in [1.807, 2.05) is 0 Å². The molecule has 1 fully saturated rings. The quantitative estimate of drug-likeness (QED) is 0.440. The Kier molecular flexibility index (Phi) is 6.46. The molecule has 0 spiro atoms. The van der Waals surface area contributed by atoms with Crippen LogP contribution in [0, 0.1) is 0 Å². The van der Waals surface area contributed by atoms with Gasteiger partial charge in [-0.3, -0.25) is 9.62 Å². The van der Waals surface area contributed by atoms with E-state index in [-0.39, 0.29) is 40.0 Å². The van der Waals surface area contributed by atoms with Crippen LogP contribution in [0.3, 0.4) is 0 Å². The summed E-state index contributed by atoms with van der Waals surface area (Å²) in [5, 5.41) is 10.7. The molecule has 4 rings (SSSR count). The molecule has 1 heterocycles. The summed E-state index contributed by atoms with van der Waals surface area (Å²) in [5.41, 5.74) is 0.0973. The molecule has 3 N–H and O–H groups in total. The topological polar surface area (TPSA) is 176 Å². The second kappa shape index (κ2) is 8.96. The molecule has 1 unspecified atom stereocenters. The van der Waals surface area contributed by atoms with Crippen molar-refractivity contribution in [2.24, 2.45) is 0 Å². The number of nitrogens with zero attached hydrogens (tertiary/aromatic N) is 1. The van der Waals surface area contributed by atoms with Crippen LogP contribution in [0.4, 0.5) is 16.2 Å². The van der Waals surface area contributed by atoms with Crippen LogP contribution in [0.25, 0.3) is 0 Å². The molecule has 0 aromatic heterocycles. The van der Waals surface area contributed by atoms with Crippen LogP contribution in [-0.2, 0) is 29.9 Å². The molecule has 15 heteroatoms. The number of benzene rings is 2. The van der Waals surface area contributed by atoms with Gasteiger partial charge in [0.05, 0.1) is 27.3 Å². The number of anilines is 2. The number of hydrogen-bond acceptors (Lipinski definition) is 8. The molecule has 1 amide bonds. The highest BCUT2D eigenvalue weighted by molar-refractivity contribution is 7.93. The molecule has 35 heavy (non-hydrogen) atoms. The third-order valence-corrected chi connectivity index (χ3v) is 10.2. The Labute approximate surface area is 202 Å². The predicted molar refractivity (Wildman–Crippen MR) is 127 cm³/mol. The van der Waals surface area contributed by atoms with Crippen LogP contribution in [-0.4, -0.2) is 67.2 Å². The van der Waals surface area contributed by atoms with Crippen LogP contribution >= 0.6 is 0 Å². The van der Waals surface area contributed by atoms with Gasteiger partial charge in [0.25, 0.3) is 10.0 Å². The number of hydrogen-bond donors (Lipinski definition) is 3. The number of fused-ring (bicyclic) bond motifs is 1. The van der Waals surface area contributed by atoms with Crippen LogP contribution < -0.4 is 19.1 Å². The van der Waals surface area contributed by atoms with Gasteiger partial charge in [0.2, 0.25) is 10.0 Å². The summed E-state index contributed by atoms with van der Waals surface area (Å²) in [6, 6.07) is 8.86. The molecule has 2 aromatic rings. The van der Waals surface area contributed by atoms with Crippen molar-refractivity contribution in [3.8, 4) is 5.75 Å². The van der Waals surface area contributed by atoms with Crippen molar-refractivity contribution in [2.75, 3.05) is 29.0 Å².